The van der Waals surface area contributed by atoms with Crippen LogP contribution in [0, 0.1) is 6.92 Å². The number of thioether (sulfide) groups is 1. The third-order valence-corrected chi connectivity index (χ3v) is 2.61. The van der Waals surface area contributed by atoms with Gasteiger partial charge in [0.05, 0.1) is 6.20 Å². The quantitative estimate of drug-likeness (QED) is 0.562. The zero-order valence-electron chi connectivity index (χ0n) is 4.84. The fourth-order valence-corrected chi connectivity index (χ4v) is 1.82. The van der Waals surface area contributed by atoms with Gasteiger partial charge in [-0.2, -0.15) is 4.37 Å². The Kier molecular flexibility index (Phi) is 1.91. The molecule has 1 aromatic rings. The Hall–Kier alpha value is -0.0200. The fourth-order valence-electron chi connectivity index (χ4n) is 0.486. The number of rotatable bonds is 1. The highest BCUT2D eigenvalue weighted by Gasteiger charge is 1.95. The van der Waals surface area contributed by atoms with Gasteiger partial charge in [-0.05, 0) is 24.7 Å². The maximum atomic E-state index is 4.01. The number of aryl methyl sites for hydroxylation is 1. The summed E-state index contributed by atoms with van der Waals surface area (Å²) in [5.41, 5.74) is 0. The second kappa shape index (κ2) is 2.51. The molecule has 0 aliphatic rings. The third kappa shape index (κ3) is 1.03. The topological polar surface area (TPSA) is 12.9 Å². The van der Waals surface area contributed by atoms with Crippen molar-refractivity contribution in [3.05, 3.63) is 11.1 Å². The summed E-state index contributed by atoms with van der Waals surface area (Å²) in [5.74, 6) is 0. The first-order valence-corrected chi connectivity index (χ1v) is 4.29. The van der Waals surface area contributed by atoms with Crippen LogP contribution in [0.4, 0.5) is 0 Å². The molecule has 0 aliphatic heterocycles. The van der Waals surface area contributed by atoms with Gasteiger partial charge in [0.15, 0.2) is 0 Å². The van der Waals surface area contributed by atoms with Crippen LogP contribution in [-0.2, 0) is 0 Å². The van der Waals surface area contributed by atoms with E-state index >= 15 is 0 Å². The minimum Gasteiger partial charge on any atom is -0.200 e. The first-order chi connectivity index (χ1) is 3.84. The minimum absolute atomic E-state index is 1.30. The van der Waals surface area contributed by atoms with Crippen molar-refractivity contribution in [2.45, 2.75) is 11.8 Å². The molecule has 0 unspecified atom stereocenters. The molecule has 0 saturated heterocycles. The van der Waals surface area contributed by atoms with Crippen molar-refractivity contribution in [3.8, 4) is 0 Å². The van der Waals surface area contributed by atoms with Crippen LogP contribution in [0.15, 0.2) is 11.1 Å². The highest BCUT2D eigenvalue weighted by molar-refractivity contribution is 7.98. The van der Waals surface area contributed by atoms with Crippen LogP contribution in [0.3, 0.4) is 0 Å². The Bertz CT molecular complexity index is 171. The molecule has 0 fully saturated rings. The highest BCUT2D eigenvalue weighted by Crippen LogP contribution is 2.21. The monoisotopic (exact) mass is 145 g/mol. The SMILES string of the molecule is CSc1cnsc1C. The Labute approximate surface area is 57.3 Å². The van der Waals surface area contributed by atoms with Crippen LogP contribution in [0.25, 0.3) is 0 Å². The zero-order chi connectivity index (χ0) is 5.98. The van der Waals surface area contributed by atoms with Gasteiger partial charge in [-0.15, -0.1) is 11.8 Å². The van der Waals surface area contributed by atoms with Gasteiger partial charge < -0.3 is 0 Å². The molecule has 0 bridgehead atoms. The predicted octanol–water partition coefficient (Wildman–Crippen LogP) is 2.17. The van der Waals surface area contributed by atoms with Crippen molar-refractivity contribution >= 4 is 23.3 Å². The van der Waals surface area contributed by atoms with E-state index in [2.05, 4.69) is 17.6 Å². The average Bonchev–Trinajstić information content (AvgIpc) is 2.14. The summed E-state index contributed by atoms with van der Waals surface area (Å²) in [5, 5.41) is 0. The molecule has 0 saturated carbocycles. The molecule has 0 N–H and O–H groups in total. The summed E-state index contributed by atoms with van der Waals surface area (Å²) in [4.78, 5) is 2.62. The van der Waals surface area contributed by atoms with E-state index < -0.39 is 0 Å². The van der Waals surface area contributed by atoms with Crippen molar-refractivity contribution < 1.29 is 0 Å². The van der Waals surface area contributed by atoms with Gasteiger partial charge in [0.25, 0.3) is 0 Å². The summed E-state index contributed by atoms with van der Waals surface area (Å²) in [6, 6.07) is 0. The zero-order valence-corrected chi connectivity index (χ0v) is 6.47. The lowest BCUT2D eigenvalue weighted by molar-refractivity contribution is 1.37. The summed E-state index contributed by atoms with van der Waals surface area (Å²) in [6.45, 7) is 2.09. The molecule has 1 heterocycles. The summed E-state index contributed by atoms with van der Waals surface area (Å²) < 4.78 is 4.01. The van der Waals surface area contributed by atoms with Gasteiger partial charge in [-0.3, -0.25) is 0 Å². The average molecular weight is 145 g/mol. The molecule has 0 atom stereocenters. The molecule has 3 heteroatoms. The van der Waals surface area contributed by atoms with Crippen LogP contribution in [0.2, 0.25) is 0 Å². The number of hydrogen-bond acceptors (Lipinski definition) is 3. The predicted molar refractivity (Wildman–Crippen MR) is 38.6 cm³/mol. The van der Waals surface area contributed by atoms with E-state index in [-0.39, 0.29) is 0 Å². The molecule has 0 spiro atoms. The lowest BCUT2D eigenvalue weighted by atomic mass is 10.6. The van der Waals surface area contributed by atoms with E-state index in [1.807, 2.05) is 6.20 Å². The molecule has 8 heavy (non-hydrogen) atoms. The van der Waals surface area contributed by atoms with Crippen molar-refractivity contribution in [1.82, 2.24) is 4.37 Å². The van der Waals surface area contributed by atoms with Crippen molar-refractivity contribution in [1.29, 1.82) is 0 Å². The first-order valence-electron chi connectivity index (χ1n) is 2.30. The van der Waals surface area contributed by atoms with Gasteiger partial charge in [0.1, 0.15) is 0 Å². The maximum Gasteiger partial charge on any atom is 0.0545 e. The Morgan fingerprint density at radius 1 is 1.75 bits per heavy atom. The van der Waals surface area contributed by atoms with Gasteiger partial charge in [-0.25, -0.2) is 0 Å². The first kappa shape index (κ1) is 6.11. The lowest BCUT2D eigenvalue weighted by Crippen LogP contribution is -1.61. The van der Waals surface area contributed by atoms with Gasteiger partial charge in [0, 0.05) is 9.77 Å². The van der Waals surface area contributed by atoms with Crippen molar-refractivity contribution in [3.63, 3.8) is 0 Å². The molecule has 0 aromatic carbocycles. The Balaban J connectivity index is 2.92. The Morgan fingerprint density at radius 3 is 2.75 bits per heavy atom. The van der Waals surface area contributed by atoms with Gasteiger partial charge in [0.2, 0.25) is 0 Å². The van der Waals surface area contributed by atoms with Gasteiger partial charge >= 0.3 is 0 Å². The van der Waals surface area contributed by atoms with Crippen LogP contribution in [0.1, 0.15) is 4.88 Å². The molecular weight excluding hydrogens is 138 g/mol. The third-order valence-electron chi connectivity index (χ3n) is 0.926. The second-order valence-corrected chi connectivity index (χ2v) is 3.30. The van der Waals surface area contributed by atoms with E-state index in [0.29, 0.717) is 0 Å². The fraction of sp³-hybridized carbons (Fsp3) is 0.400. The standard InChI is InChI=1S/C5H7NS2/c1-4-5(7-2)3-6-8-4/h3H,1-2H3. The highest BCUT2D eigenvalue weighted by atomic mass is 32.2. The molecule has 0 radical (unpaired) electrons. The number of hydrogen-bond donors (Lipinski definition) is 0. The normalized spacial score (nSPS) is 9.75. The number of nitrogens with zero attached hydrogens (tertiary/aromatic N) is 1. The van der Waals surface area contributed by atoms with E-state index in [4.69, 9.17) is 0 Å². The van der Waals surface area contributed by atoms with E-state index in [1.165, 1.54) is 9.77 Å². The molecule has 1 aromatic heterocycles. The lowest BCUT2D eigenvalue weighted by Gasteiger charge is -1.85. The summed E-state index contributed by atoms with van der Waals surface area (Å²) >= 11 is 3.31. The molecule has 1 nitrogen and oxygen atoms in total. The van der Waals surface area contributed by atoms with E-state index in [0.717, 1.165) is 0 Å². The Morgan fingerprint density at radius 2 is 2.50 bits per heavy atom. The largest absolute Gasteiger partial charge is 0.200 e. The second-order valence-electron chi connectivity index (χ2n) is 1.45. The molecular formula is C5H7NS2. The van der Waals surface area contributed by atoms with Crippen LogP contribution >= 0.6 is 23.3 Å². The molecule has 0 aliphatic carbocycles. The van der Waals surface area contributed by atoms with Crippen molar-refractivity contribution in [2.75, 3.05) is 6.26 Å². The molecule has 0 amide bonds. The van der Waals surface area contributed by atoms with Crippen LogP contribution in [0.5, 0.6) is 0 Å². The van der Waals surface area contributed by atoms with E-state index in [9.17, 15) is 0 Å². The van der Waals surface area contributed by atoms with E-state index in [1.54, 1.807) is 23.3 Å². The van der Waals surface area contributed by atoms with Crippen LogP contribution < -0.4 is 0 Å². The number of aromatic nitrogens is 1. The maximum absolute atomic E-state index is 4.01. The summed E-state index contributed by atoms with van der Waals surface area (Å²) in [6.07, 6.45) is 3.97. The van der Waals surface area contributed by atoms with Gasteiger partial charge in [-0.1, -0.05) is 0 Å². The minimum atomic E-state index is 1.30. The van der Waals surface area contributed by atoms with Crippen molar-refractivity contribution in [2.24, 2.45) is 0 Å². The summed E-state index contributed by atoms with van der Waals surface area (Å²) in [7, 11) is 0. The molecule has 44 valence electrons. The smallest absolute Gasteiger partial charge is 0.0545 e. The molecule has 1 rings (SSSR count). The van der Waals surface area contributed by atoms with Crippen LogP contribution in [-0.4, -0.2) is 10.6 Å².